The van der Waals surface area contributed by atoms with Gasteiger partial charge in [0.15, 0.2) is 0 Å². The lowest BCUT2D eigenvalue weighted by Gasteiger charge is -2.36. The molecule has 0 saturated carbocycles. The van der Waals surface area contributed by atoms with Gasteiger partial charge in [-0.2, -0.15) is 13.2 Å². The SMILES string of the molecule is COc1ccc(N2CCN(CC(N)=O)CC2)c2ccc(C(F)(F)F)nc12.Cc1ccc(F)cc1. The topological polar surface area (TPSA) is 71.7 Å². The monoisotopic (exact) mass is 478 g/mol. The van der Waals surface area contributed by atoms with Crippen molar-refractivity contribution in [1.82, 2.24) is 9.88 Å². The summed E-state index contributed by atoms with van der Waals surface area (Å²) in [4.78, 5) is 18.8. The number of halogens is 4. The lowest BCUT2D eigenvalue weighted by atomic mass is 10.1. The number of piperazine rings is 1. The molecular weight excluding hydrogens is 452 g/mol. The Morgan fingerprint density at radius 2 is 1.68 bits per heavy atom. The van der Waals surface area contributed by atoms with Crippen LogP contribution < -0.4 is 15.4 Å². The second kappa shape index (κ2) is 10.7. The molecule has 2 heterocycles. The molecule has 0 atom stereocenters. The van der Waals surface area contributed by atoms with E-state index in [2.05, 4.69) is 9.88 Å². The Morgan fingerprint density at radius 3 is 2.21 bits per heavy atom. The number of methoxy groups -OCH3 is 1. The van der Waals surface area contributed by atoms with Crippen molar-refractivity contribution < 1.29 is 27.1 Å². The van der Waals surface area contributed by atoms with Gasteiger partial charge in [0.1, 0.15) is 22.8 Å². The van der Waals surface area contributed by atoms with Gasteiger partial charge in [-0.3, -0.25) is 9.69 Å². The Labute approximate surface area is 194 Å². The molecule has 10 heteroatoms. The summed E-state index contributed by atoms with van der Waals surface area (Å²) in [5, 5.41) is 0.598. The first-order chi connectivity index (χ1) is 16.1. The van der Waals surface area contributed by atoms with Gasteiger partial charge in [-0.15, -0.1) is 0 Å². The van der Waals surface area contributed by atoms with E-state index in [4.69, 9.17) is 10.5 Å². The number of nitrogens with two attached hydrogens (primary N) is 1. The van der Waals surface area contributed by atoms with Crippen LogP contribution in [0.4, 0.5) is 23.2 Å². The number of benzene rings is 2. The predicted octanol–water partition coefficient (Wildman–Crippen LogP) is 4.00. The highest BCUT2D eigenvalue weighted by Crippen LogP contribution is 2.36. The number of hydrogen-bond acceptors (Lipinski definition) is 5. The fourth-order valence-corrected chi connectivity index (χ4v) is 3.68. The second-order valence-corrected chi connectivity index (χ2v) is 7.90. The third kappa shape index (κ3) is 6.34. The molecule has 6 nitrogen and oxygen atoms in total. The molecular formula is C24H26F4N4O2. The number of carbonyl (C=O) groups is 1. The maximum atomic E-state index is 13.0. The number of nitrogens with zero attached hydrogens (tertiary/aromatic N) is 3. The number of pyridine rings is 1. The molecule has 1 aliphatic rings. The summed E-state index contributed by atoms with van der Waals surface area (Å²) in [6, 6.07) is 12.3. The van der Waals surface area contributed by atoms with Crippen LogP contribution in [0.5, 0.6) is 5.75 Å². The minimum Gasteiger partial charge on any atom is -0.494 e. The van der Waals surface area contributed by atoms with Crippen molar-refractivity contribution in [2.75, 3.05) is 44.7 Å². The number of hydrogen-bond donors (Lipinski definition) is 1. The van der Waals surface area contributed by atoms with E-state index in [-0.39, 0.29) is 23.8 Å². The summed E-state index contributed by atoms with van der Waals surface area (Å²) < 4.78 is 56.3. The molecule has 0 spiro atoms. The summed E-state index contributed by atoms with van der Waals surface area (Å²) in [6.07, 6.45) is -4.52. The van der Waals surface area contributed by atoms with Crippen molar-refractivity contribution in [3.63, 3.8) is 0 Å². The number of rotatable bonds is 4. The number of primary amides is 1. The van der Waals surface area contributed by atoms with Crippen LogP contribution in [0.15, 0.2) is 48.5 Å². The van der Waals surface area contributed by atoms with Gasteiger partial charge in [0.25, 0.3) is 0 Å². The van der Waals surface area contributed by atoms with E-state index in [1.807, 2.05) is 17.9 Å². The summed E-state index contributed by atoms with van der Waals surface area (Å²) >= 11 is 0. The van der Waals surface area contributed by atoms with Crippen molar-refractivity contribution in [2.24, 2.45) is 5.73 Å². The molecule has 2 N–H and O–H groups in total. The van der Waals surface area contributed by atoms with Crippen LogP contribution in [0, 0.1) is 12.7 Å². The molecule has 1 saturated heterocycles. The maximum Gasteiger partial charge on any atom is 0.433 e. The Kier molecular flexibility index (Phi) is 7.93. The number of aryl methyl sites for hydroxylation is 1. The number of carbonyl (C=O) groups excluding carboxylic acids is 1. The molecule has 3 aromatic rings. The van der Waals surface area contributed by atoms with E-state index in [0.717, 1.165) is 17.3 Å². The van der Waals surface area contributed by atoms with Crippen LogP contribution in [0.2, 0.25) is 0 Å². The first kappa shape index (κ1) is 25.2. The highest BCUT2D eigenvalue weighted by atomic mass is 19.4. The summed E-state index contributed by atoms with van der Waals surface area (Å²) in [5.41, 5.74) is 6.33. The molecule has 34 heavy (non-hydrogen) atoms. The Morgan fingerprint density at radius 1 is 1.03 bits per heavy atom. The van der Waals surface area contributed by atoms with Gasteiger partial charge in [0.05, 0.1) is 13.7 Å². The fraction of sp³-hybridized carbons (Fsp3) is 0.333. The first-order valence-corrected chi connectivity index (χ1v) is 10.6. The average molecular weight is 478 g/mol. The number of alkyl halides is 3. The molecule has 2 aromatic carbocycles. The lowest BCUT2D eigenvalue weighted by Crippen LogP contribution is -2.48. The highest BCUT2D eigenvalue weighted by molar-refractivity contribution is 5.96. The van der Waals surface area contributed by atoms with Crippen molar-refractivity contribution in [1.29, 1.82) is 0 Å². The molecule has 182 valence electrons. The average Bonchev–Trinajstić information content (AvgIpc) is 2.80. The fourth-order valence-electron chi connectivity index (χ4n) is 3.68. The van der Waals surface area contributed by atoms with Gasteiger partial charge in [-0.1, -0.05) is 17.7 Å². The Hall–Kier alpha value is -3.40. The third-order valence-electron chi connectivity index (χ3n) is 5.41. The second-order valence-electron chi connectivity index (χ2n) is 7.90. The molecule has 0 aliphatic carbocycles. The highest BCUT2D eigenvalue weighted by Gasteiger charge is 2.33. The van der Waals surface area contributed by atoms with Gasteiger partial charge in [-0.05, 0) is 43.3 Å². The molecule has 1 aliphatic heterocycles. The Bertz CT molecular complexity index is 1110. The van der Waals surface area contributed by atoms with Crippen molar-refractivity contribution in [3.8, 4) is 5.75 Å². The molecule has 0 unspecified atom stereocenters. The normalized spacial score (nSPS) is 14.5. The lowest BCUT2D eigenvalue weighted by molar-refractivity contribution is -0.141. The van der Waals surface area contributed by atoms with E-state index >= 15 is 0 Å². The number of ether oxygens (including phenoxy) is 1. The zero-order valence-corrected chi connectivity index (χ0v) is 18.9. The molecule has 4 rings (SSSR count). The van der Waals surface area contributed by atoms with E-state index in [1.54, 1.807) is 18.2 Å². The van der Waals surface area contributed by atoms with Crippen LogP contribution in [-0.2, 0) is 11.0 Å². The maximum absolute atomic E-state index is 13.0. The van der Waals surface area contributed by atoms with Crippen LogP contribution in [0.25, 0.3) is 10.9 Å². The molecule has 1 fully saturated rings. The number of amides is 1. The van der Waals surface area contributed by atoms with Crippen LogP contribution in [-0.4, -0.2) is 55.6 Å². The van der Waals surface area contributed by atoms with Gasteiger partial charge in [0.2, 0.25) is 5.91 Å². The minimum atomic E-state index is -4.52. The molecule has 1 aromatic heterocycles. The molecule has 0 bridgehead atoms. The largest absolute Gasteiger partial charge is 0.494 e. The Balaban J connectivity index is 0.000000343. The quantitative estimate of drug-likeness (QED) is 0.574. The number of aromatic nitrogens is 1. The van der Waals surface area contributed by atoms with Gasteiger partial charge in [-0.25, -0.2) is 9.37 Å². The molecule has 0 radical (unpaired) electrons. The summed E-state index contributed by atoms with van der Waals surface area (Å²) in [7, 11) is 1.40. The van der Waals surface area contributed by atoms with Gasteiger partial charge in [0, 0.05) is 37.3 Å². The summed E-state index contributed by atoms with van der Waals surface area (Å²) in [5.74, 6) is -0.255. The summed E-state index contributed by atoms with van der Waals surface area (Å²) in [6.45, 7) is 4.69. The number of fused-ring (bicyclic) bond motifs is 1. The van der Waals surface area contributed by atoms with E-state index in [9.17, 15) is 22.4 Å². The number of anilines is 1. The minimum absolute atomic E-state index is 0.171. The van der Waals surface area contributed by atoms with Crippen molar-refractivity contribution in [3.05, 3.63) is 65.6 Å². The zero-order chi connectivity index (χ0) is 24.9. The van der Waals surface area contributed by atoms with Gasteiger partial charge < -0.3 is 15.4 Å². The van der Waals surface area contributed by atoms with Crippen LogP contribution in [0.3, 0.4) is 0 Å². The predicted molar refractivity (Wildman–Crippen MR) is 122 cm³/mol. The van der Waals surface area contributed by atoms with Crippen molar-refractivity contribution in [2.45, 2.75) is 13.1 Å². The smallest absolute Gasteiger partial charge is 0.433 e. The standard InChI is InChI=1S/C17H19F3N4O2.C7H7F/c1-26-13-4-3-12(24-8-6-23(7-9-24)10-15(21)25)11-2-5-14(17(18,19)20)22-16(11)13;1-6-2-4-7(8)5-3-6/h2-5H,6-10H2,1H3,(H2,21,25);2-5H,1H3. The van der Waals surface area contributed by atoms with E-state index < -0.39 is 11.9 Å². The third-order valence-corrected chi connectivity index (χ3v) is 5.41. The van der Waals surface area contributed by atoms with Crippen molar-refractivity contribution >= 4 is 22.5 Å². The molecule has 1 amide bonds. The van der Waals surface area contributed by atoms with Crippen LogP contribution >= 0.6 is 0 Å². The zero-order valence-electron chi connectivity index (χ0n) is 18.9. The van der Waals surface area contributed by atoms with Crippen LogP contribution in [0.1, 0.15) is 11.3 Å². The van der Waals surface area contributed by atoms with Gasteiger partial charge >= 0.3 is 6.18 Å². The van der Waals surface area contributed by atoms with E-state index in [0.29, 0.717) is 37.3 Å². The van der Waals surface area contributed by atoms with E-state index in [1.165, 1.54) is 25.3 Å². The first-order valence-electron chi connectivity index (χ1n) is 10.6.